The molecule has 0 saturated heterocycles. The summed E-state index contributed by atoms with van der Waals surface area (Å²) in [5.74, 6) is 0. The standard InChI is InChI=1S/C62H41NO/c1-2-15-42(16-3-1)52-36-32-48(51-21-8-9-22-54(51)55-25-12-19-43-17-6-7-20-50(43)55)40-58(52)59-39-47(46-29-28-41-14-4-5-18-45(41)38-46)33-37-60(59)63-49-34-30-44(31-35-49)53-24-13-26-57-56-23-10-11-27-61(56)64-62(53)57/h1-40,63H. The molecule has 12 rings (SSSR count). The van der Waals surface area contributed by atoms with Gasteiger partial charge in [0, 0.05) is 33.3 Å². The molecule has 0 amide bonds. The summed E-state index contributed by atoms with van der Waals surface area (Å²) >= 11 is 0. The van der Waals surface area contributed by atoms with Crippen molar-refractivity contribution in [1.82, 2.24) is 0 Å². The second kappa shape index (κ2) is 15.8. The fraction of sp³-hybridized carbons (Fsp3) is 0. The highest BCUT2D eigenvalue weighted by Gasteiger charge is 2.18. The summed E-state index contributed by atoms with van der Waals surface area (Å²) in [4.78, 5) is 0. The molecule has 0 fully saturated rings. The highest BCUT2D eigenvalue weighted by molar-refractivity contribution is 6.09. The number of anilines is 2. The van der Waals surface area contributed by atoms with Crippen molar-refractivity contribution >= 4 is 54.9 Å². The van der Waals surface area contributed by atoms with E-state index in [1.165, 1.54) is 49.4 Å². The number of fused-ring (bicyclic) bond motifs is 5. The molecule has 0 aliphatic rings. The smallest absolute Gasteiger partial charge is 0.143 e. The van der Waals surface area contributed by atoms with Gasteiger partial charge in [-0.1, -0.05) is 200 Å². The Morgan fingerprint density at radius 2 is 0.828 bits per heavy atom. The average molecular weight is 816 g/mol. The van der Waals surface area contributed by atoms with Crippen LogP contribution in [0.4, 0.5) is 11.4 Å². The Balaban J connectivity index is 1.02. The van der Waals surface area contributed by atoms with E-state index in [0.717, 1.165) is 72.3 Å². The molecule has 1 heterocycles. The van der Waals surface area contributed by atoms with Crippen molar-refractivity contribution in [2.75, 3.05) is 5.32 Å². The van der Waals surface area contributed by atoms with Gasteiger partial charge >= 0.3 is 0 Å². The molecule has 0 aliphatic carbocycles. The fourth-order valence-corrected chi connectivity index (χ4v) is 9.52. The Hall–Kier alpha value is -8.46. The summed E-state index contributed by atoms with van der Waals surface area (Å²) in [6, 6.07) is 87.5. The number of furan rings is 1. The minimum absolute atomic E-state index is 0.902. The highest BCUT2D eigenvalue weighted by Crippen LogP contribution is 2.44. The Labute approximate surface area is 372 Å². The van der Waals surface area contributed by atoms with Crippen LogP contribution in [0.15, 0.2) is 247 Å². The molecule has 0 saturated carbocycles. The van der Waals surface area contributed by atoms with E-state index < -0.39 is 0 Å². The van der Waals surface area contributed by atoms with Gasteiger partial charge in [-0.2, -0.15) is 0 Å². The summed E-state index contributed by atoms with van der Waals surface area (Å²) in [5, 5.41) is 11.1. The molecule has 1 aromatic heterocycles. The first-order chi connectivity index (χ1) is 31.7. The van der Waals surface area contributed by atoms with Gasteiger partial charge in [0.05, 0.1) is 0 Å². The first kappa shape index (κ1) is 37.3. The van der Waals surface area contributed by atoms with Crippen molar-refractivity contribution < 1.29 is 4.42 Å². The summed E-state index contributed by atoms with van der Waals surface area (Å²) in [5.41, 5.74) is 17.7. The van der Waals surface area contributed by atoms with Gasteiger partial charge in [0.25, 0.3) is 0 Å². The molecule has 1 N–H and O–H groups in total. The van der Waals surface area contributed by atoms with Gasteiger partial charge in [0.15, 0.2) is 0 Å². The zero-order valence-corrected chi connectivity index (χ0v) is 35.0. The van der Waals surface area contributed by atoms with Crippen molar-refractivity contribution in [3.05, 3.63) is 243 Å². The van der Waals surface area contributed by atoms with Crippen LogP contribution in [0.25, 0.3) is 110 Å². The van der Waals surface area contributed by atoms with E-state index in [1.54, 1.807) is 0 Å². The van der Waals surface area contributed by atoms with Crippen LogP contribution in [0.3, 0.4) is 0 Å². The predicted octanol–water partition coefficient (Wildman–Crippen LogP) is 17.6. The van der Waals surface area contributed by atoms with E-state index in [0.29, 0.717) is 0 Å². The van der Waals surface area contributed by atoms with Gasteiger partial charge in [0.1, 0.15) is 11.2 Å². The number of rotatable bonds is 8. The number of para-hydroxylation sites is 2. The van der Waals surface area contributed by atoms with E-state index in [-0.39, 0.29) is 0 Å². The monoisotopic (exact) mass is 815 g/mol. The van der Waals surface area contributed by atoms with Crippen molar-refractivity contribution in [3.63, 3.8) is 0 Å². The third-order valence-electron chi connectivity index (χ3n) is 12.7. The fourth-order valence-electron chi connectivity index (χ4n) is 9.52. The topological polar surface area (TPSA) is 25.2 Å². The number of hydrogen-bond donors (Lipinski definition) is 1. The molecule has 0 radical (unpaired) electrons. The molecule has 0 spiro atoms. The molecule has 12 aromatic rings. The van der Waals surface area contributed by atoms with Crippen molar-refractivity contribution in [1.29, 1.82) is 0 Å². The Morgan fingerprint density at radius 3 is 1.70 bits per heavy atom. The van der Waals surface area contributed by atoms with Gasteiger partial charge in [-0.05, 0) is 120 Å². The zero-order valence-electron chi connectivity index (χ0n) is 35.0. The first-order valence-electron chi connectivity index (χ1n) is 21.9. The van der Waals surface area contributed by atoms with Crippen LogP contribution in [0, 0.1) is 0 Å². The SMILES string of the molecule is c1ccc(-c2ccc(-c3ccccc3-c3cccc4ccccc34)cc2-c2cc(-c3ccc4ccccc4c3)ccc2Nc2ccc(-c3cccc4c3oc3ccccc34)cc2)cc1. The Kier molecular flexibility index (Phi) is 9.20. The molecular formula is C62H41NO. The van der Waals surface area contributed by atoms with Crippen molar-refractivity contribution in [2.24, 2.45) is 0 Å². The van der Waals surface area contributed by atoms with Crippen molar-refractivity contribution in [2.45, 2.75) is 0 Å². The predicted molar refractivity (Wildman–Crippen MR) is 271 cm³/mol. The van der Waals surface area contributed by atoms with E-state index in [9.17, 15) is 0 Å². The van der Waals surface area contributed by atoms with E-state index in [4.69, 9.17) is 4.42 Å². The van der Waals surface area contributed by atoms with Gasteiger partial charge in [-0.25, -0.2) is 0 Å². The largest absolute Gasteiger partial charge is 0.455 e. The van der Waals surface area contributed by atoms with Crippen LogP contribution < -0.4 is 5.32 Å². The van der Waals surface area contributed by atoms with Crippen LogP contribution in [0.1, 0.15) is 0 Å². The summed E-state index contributed by atoms with van der Waals surface area (Å²) in [6.45, 7) is 0. The van der Waals surface area contributed by atoms with Crippen LogP contribution >= 0.6 is 0 Å². The lowest BCUT2D eigenvalue weighted by molar-refractivity contribution is 0.670. The number of nitrogens with one attached hydrogen (secondary N) is 1. The van der Waals surface area contributed by atoms with Gasteiger partial charge in [0.2, 0.25) is 0 Å². The minimum Gasteiger partial charge on any atom is -0.455 e. The number of hydrogen-bond acceptors (Lipinski definition) is 2. The Morgan fingerprint density at radius 1 is 0.266 bits per heavy atom. The molecule has 0 unspecified atom stereocenters. The van der Waals surface area contributed by atoms with Gasteiger partial charge in [-0.15, -0.1) is 0 Å². The van der Waals surface area contributed by atoms with E-state index in [1.807, 2.05) is 12.1 Å². The molecular weight excluding hydrogens is 775 g/mol. The highest BCUT2D eigenvalue weighted by atomic mass is 16.3. The first-order valence-corrected chi connectivity index (χ1v) is 21.9. The zero-order chi connectivity index (χ0) is 42.4. The third-order valence-corrected chi connectivity index (χ3v) is 12.7. The normalized spacial score (nSPS) is 11.4. The van der Waals surface area contributed by atoms with Gasteiger partial charge in [-0.3, -0.25) is 0 Å². The maximum absolute atomic E-state index is 6.42. The maximum Gasteiger partial charge on any atom is 0.143 e. The van der Waals surface area contributed by atoms with Crippen LogP contribution in [0.5, 0.6) is 0 Å². The van der Waals surface area contributed by atoms with Crippen LogP contribution in [-0.4, -0.2) is 0 Å². The van der Waals surface area contributed by atoms with Crippen molar-refractivity contribution in [3.8, 4) is 66.8 Å². The molecule has 2 nitrogen and oxygen atoms in total. The third kappa shape index (κ3) is 6.70. The summed E-state index contributed by atoms with van der Waals surface area (Å²) < 4.78 is 6.42. The lowest BCUT2D eigenvalue weighted by Gasteiger charge is -2.20. The molecule has 0 bridgehead atoms. The molecule has 300 valence electrons. The Bertz CT molecular complexity index is 3690. The molecule has 64 heavy (non-hydrogen) atoms. The van der Waals surface area contributed by atoms with Crippen LogP contribution in [0.2, 0.25) is 0 Å². The maximum atomic E-state index is 6.42. The minimum atomic E-state index is 0.902. The molecule has 11 aromatic carbocycles. The lowest BCUT2D eigenvalue weighted by Crippen LogP contribution is -1.97. The summed E-state index contributed by atoms with van der Waals surface area (Å²) in [7, 11) is 0. The van der Waals surface area contributed by atoms with E-state index >= 15 is 0 Å². The average Bonchev–Trinajstić information content (AvgIpc) is 3.76. The second-order valence-electron chi connectivity index (χ2n) is 16.5. The molecule has 0 atom stereocenters. The van der Waals surface area contributed by atoms with E-state index in [2.05, 4.69) is 236 Å². The summed E-state index contributed by atoms with van der Waals surface area (Å²) in [6.07, 6.45) is 0. The number of benzene rings is 11. The van der Waals surface area contributed by atoms with Crippen LogP contribution in [-0.2, 0) is 0 Å². The van der Waals surface area contributed by atoms with Gasteiger partial charge < -0.3 is 9.73 Å². The lowest BCUT2D eigenvalue weighted by atomic mass is 9.86. The molecule has 0 aliphatic heterocycles. The molecule has 2 heteroatoms. The quantitative estimate of drug-likeness (QED) is 0.165. The second-order valence-corrected chi connectivity index (χ2v) is 16.5.